The Morgan fingerprint density at radius 1 is 1.15 bits per heavy atom. The molecule has 0 radical (unpaired) electrons. The van der Waals surface area contributed by atoms with E-state index in [1.807, 2.05) is 18.2 Å². The summed E-state index contributed by atoms with van der Waals surface area (Å²) in [5.74, 6) is -0.259. The van der Waals surface area contributed by atoms with Gasteiger partial charge in [-0.3, -0.25) is 14.9 Å². The highest BCUT2D eigenvalue weighted by atomic mass is 16.6. The van der Waals surface area contributed by atoms with Crippen molar-refractivity contribution in [3.05, 3.63) is 69.8 Å². The second-order valence-corrected chi connectivity index (χ2v) is 7.59. The molecular weight excluding hydrogens is 342 g/mol. The molecular formula is C21H25N3O3. The Morgan fingerprint density at radius 2 is 1.81 bits per heavy atom. The number of likely N-dealkylation sites (tertiary alicyclic amines) is 1. The van der Waals surface area contributed by atoms with E-state index in [4.69, 9.17) is 0 Å². The number of amides is 1. The third-order valence-electron chi connectivity index (χ3n) is 5.11. The van der Waals surface area contributed by atoms with Crippen LogP contribution >= 0.6 is 0 Å². The van der Waals surface area contributed by atoms with Gasteiger partial charge in [-0.15, -0.1) is 0 Å². The quantitative estimate of drug-likeness (QED) is 0.613. The number of hydrogen-bond donors (Lipinski definition) is 1. The highest BCUT2D eigenvalue weighted by molar-refractivity contribution is 5.99. The highest BCUT2D eigenvalue weighted by Gasteiger charge is 2.27. The van der Waals surface area contributed by atoms with Gasteiger partial charge in [-0.25, -0.2) is 0 Å². The number of hydrogen-bond acceptors (Lipinski definition) is 4. The summed E-state index contributed by atoms with van der Waals surface area (Å²) in [6, 6.07) is 14.9. The molecule has 0 bridgehead atoms. The molecule has 6 nitrogen and oxygen atoms in total. The van der Waals surface area contributed by atoms with E-state index in [1.54, 1.807) is 17.0 Å². The fourth-order valence-corrected chi connectivity index (χ4v) is 3.38. The lowest BCUT2D eigenvalue weighted by Gasteiger charge is -2.26. The van der Waals surface area contributed by atoms with Crippen molar-refractivity contribution in [3.8, 4) is 0 Å². The number of anilines is 1. The van der Waals surface area contributed by atoms with Crippen molar-refractivity contribution in [1.29, 1.82) is 0 Å². The van der Waals surface area contributed by atoms with Crippen molar-refractivity contribution in [2.75, 3.05) is 25.0 Å². The van der Waals surface area contributed by atoms with E-state index in [-0.39, 0.29) is 22.6 Å². The van der Waals surface area contributed by atoms with Crippen LogP contribution in [0.15, 0.2) is 48.5 Å². The summed E-state index contributed by atoms with van der Waals surface area (Å²) in [4.78, 5) is 25.3. The maximum Gasteiger partial charge on any atom is 0.282 e. The van der Waals surface area contributed by atoms with Gasteiger partial charge >= 0.3 is 0 Å². The first-order valence-corrected chi connectivity index (χ1v) is 9.25. The number of nitrogens with one attached hydrogen (secondary N) is 1. The van der Waals surface area contributed by atoms with Gasteiger partial charge in [0.05, 0.1) is 4.92 Å². The van der Waals surface area contributed by atoms with Crippen LogP contribution in [0, 0.1) is 10.1 Å². The first-order valence-electron chi connectivity index (χ1n) is 9.25. The molecule has 2 aromatic rings. The first kappa shape index (κ1) is 18.9. The van der Waals surface area contributed by atoms with Crippen molar-refractivity contribution in [3.63, 3.8) is 0 Å². The van der Waals surface area contributed by atoms with Crippen molar-refractivity contribution >= 4 is 17.3 Å². The van der Waals surface area contributed by atoms with Crippen LogP contribution < -0.4 is 5.32 Å². The number of nitro benzene ring substituents is 1. The summed E-state index contributed by atoms with van der Waals surface area (Å²) in [5.41, 5.74) is 1.81. The molecule has 6 heteroatoms. The smallest absolute Gasteiger partial charge is 0.282 e. The predicted molar refractivity (Wildman–Crippen MR) is 106 cm³/mol. The maximum absolute atomic E-state index is 12.7. The molecule has 0 unspecified atom stereocenters. The topological polar surface area (TPSA) is 75.5 Å². The molecule has 1 amide bonds. The van der Waals surface area contributed by atoms with Crippen LogP contribution in [0.5, 0.6) is 0 Å². The zero-order chi connectivity index (χ0) is 19.4. The minimum atomic E-state index is -0.485. The molecule has 1 aliphatic rings. The first-order chi connectivity index (χ1) is 12.9. The predicted octanol–water partition coefficient (Wildman–Crippen LogP) is 4.22. The van der Waals surface area contributed by atoms with E-state index in [0.29, 0.717) is 25.3 Å². The average Bonchev–Trinajstić information content (AvgIpc) is 3.21. The van der Waals surface area contributed by atoms with E-state index >= 15 is 0 Å². The normalized spacial score (nSPS) is 14.2. The van der Waals surface area contributed by atoms with Gasteiger partial charge in [0.2, 0.25) is 0 Å². The number of nitrogens with zero attached hydrogens (tertiary/aromatic N) is 2. The minimum absolute atomic E-state index is 0.123. The zero-order valence-corrected chi connectivity index (χ0v) is 15.8. The van der Waals surface area contributed by atoms with Gasteiger partial charge in [0.1, 0.15) is 5.56 Å². The van der Waals surface area contributed by atoms with Crippen LogP contribution in [0.2, 0.25) is 0 Å². The Morgan fingerprint density at radius 3 is 2.44 bits per heavy atom. The molecule has 27 heavy (non-hydrogen) atoms. The van der Waals surface area contributed by atoms with Crippen LogP contribution in [-0.4, -0.2) is 35.4 Å². The van der Waals surface area contributed by atoms with Crippen LogP contribution in [0.25, 0.3) is 0 Å². The summed E-state index contributed by atoms with van der Waals surface area (Å²) in [6.45, 7) is 6.24. The number of benzene rings is 2. The summed E-state index contributed by atoms with van der Waals surface area (Å²) in [5, 5.41) is 14.7. The minimum Gasteiger partial charge on any atom is -0.384 e. The molecule has 2 aromatic carbocycles. The van der Waals surface area contributed by atoms with Crippen molar-refractivity contribution in [1.82, 2.24) is 4.90 Å². The molecule has 1 heterocycles. The maximum atomic E-state index is 12.7. The monoisotopic (exact) mass is 367 g/mol. The molecule has 1 saturated heterocycles. The number of rotatable bonds is 6. The molecule has 0 aromatic heterocycles. The lowest BCUT2D eigenvalue weighted by Crippen LogP contribution is -2.29. The van der Waals surface area contributed by atoms with Crippen LogP contribution in [0.1, 0.15) is 42.6 Å². The van der Waals surface area contributed by atoms with Crippen LogP contribution in [0.4, 0.5) is 11.4 Å². The Labute approximate surface area is 159 Å². The lowest BCUT2D eigenvalue weighted by atomic mass is 9.84. The Balaban J connectivity index is 1.81. The SMILES string of the molecule is CC(C)(CNc1ccc([N+](=O)[O-])c(C(=O)N2CCCC2)c1)c1ccccc1. The highest BCUT2D eigenvalue weighted by Crippen LogP contribution is 2.28. The number of carbonyl (C=O) groups excluding carboxylic acids is 1. The van der Waals surface area contributed by atoms with Crippen molar-refractivity contribution in [2.45, 2.75) is 32.1 Å². The van der Waals surface area contributed by atoms with Gasteiger partial charge in [0.15, 0.2) is 0 Å². The standard InChI is InChI=1S/C21H25N3O3/c1-21(2,16-8-4-3-5-9-16)15-22-17-10-11-19(24(26)27)18(14-17)20(25)23-12-6-7-13-23/h3-5,8-11,14,22H,6-7,12-13,15H2,1-2H3. The summed E-state index contributed by atoms with van der Waals surface area (Å²) < 4.78 is 0. The fourth-order valence-electron chi connectivity index (χ4n) is 3.38. The van der Waals surface area contributed by atoms with Gasteiger partial charge in [-0.05, 0) is 30.5 Å². The Bertz CT molecular complexity index is 828. The zero-order valence-electron chi connectivity index (χ0n) is 15.8. The molecule has 1 aliphatic heterocycles. The van der Waals surface area contributed by atoms with E-state index in [9.17, 15) is 14.9 Å². The lowest BCUT2D eigenvalue weighted by molar-refractivity contribution is -0.385. The van der Waals surface area contributed by atoms with Gasteiger partial charge in [-0.1, -0.05) is 44.2 Å². The van der Waals surface area contributed by atoms with Gasteiger partial charge in [-0.2, -0.15) is 0 Å². The summed E-state index contributed by atoms with van der Waals surface area (Å²) in [6.07, 6.45) is 1.89. The second kappa shape index (κ2) is 7.78. The number of carbonyl (C=O) groups is 1. The van der Waals surface area contributed by atoms with Crippen molar-refractivity contribution < 1.29 is 9.72 Å². The van der Waals surface area contributed by atoms with Gasteiger partial charge in [0, 0.05) is 36.8 Å². The van der Waals surface area contributed by atoms with E-state index < -0.39 is 4.92 Å². The van der Waals surface area contributed by atoms with Gasteiger partial charge in [0.25, 0.3) is 11.6 Å². The third kappa shape index (κ3) is 4.27. The van der Waals surface area contributed by atoms with Crippen LogP contribution in [-0.2, 0) is 5.41 Å². The molecule has 0 atom stereocenters. The molecule has 0 saturated carbocycles. The molecule has 3 rings (SSSR count). The third-order valence-corrected chi connectivity index (χ3v) is 5.11. The molecule has 0 spiro atoms. The van der Waals surface area contributed by atoms with Gasteiger partial charge < -0.3 is 10.2 Å². The second-order valence-electron chi connectivity index (χ2n) is 7.59. The van der Waals surface area contributed by atoms with E-state index in [2.05, 4.69) is 31.3 Å². The molecule has 142 valence electrons. The largest absolute Gasteiger partial charge is 0.384 e. The average molecular weight is 367 g/mol. The molecule has 1 N–H and O–H groups in total. The summed E-state index contributed by atoms with van der Waals surface area (Å²) >= 11 is 0. The van der Waals surface area contributed by atoms with Crippen molar-refractivity contribution in [2.24, 2.45) is 0 Å². The van der Waals surface area contributed by atoms with E-state index in [0.717, 1.165) is 12.8 Å². The molecule has 0 aliphatic carbocycles. The number of nitro groups is 1. The van der Waals surface area contributed by atoms with Crippen LogP contribution in [0.3, 0.4) is 0 Å². The van der Waals surface area contributed by atoms with E-state index in [1.165, 1.54) is 11.6 Å². The molecule has 1 fully saturated rings. The Kier molecular flexibility index (Phi) is 5.44. The summed E-state index contributed by atoms with van der Waals surface area (Å²) in [7, 11) is 0. The Hall–Kier alpha value is -2.89. The fraction of sp³-hybridized carbons (Fsp3) is 0.381.